The van der Waals surface area contributed by atoms with E-state index in [-0.39, 0.29) is 5.75 Å². The van der Waals surface area contributed by atoms with Crippen LogP contribution in [0.5, 0.6) is 5.75 Å². The molecule has 0 aliphatic heterocycles. The fourth-order valence-corrected chi connectivity index (χ4v) is 1.47. The summed E-state index contributed by atoms with van der Waals surface area (Å²) in [5, 5.41) is 4.04. The average molecular weight is 348 g/mol. The first-order valence-electron chi connectivity index (χ1n) is 6.65. The van der Waals surface area contributed by atoms with E-state index in [2.05, 4.69) is 5.32 Å². The monoisotopic (exact) mass is 348 g/mol. The second kappa shape index (κ2) is 8.18. The maximum atomic E-state index is 12.5. The van der Waals surface area contributed by atoms with Crippen molar-refractivity contribution >= 4 is 17.9 Å². The van der Waals surface area contributed by atoms with Crippen molar-refractivity contribution in [2.24, 2.45) is 0 Å². The summed E-state index contributed by atoms with van der Waals surface area (Å²) >= 11 is 0. The first kappa shape index (κ1) is 19.3. The minimum Gasteiger partial charge on any atom is -0.482 e. The third kappa shape index (κ3) is 6.15. The molecule has 3 amide bonds. The van der Waals surface area contributed by atoms with Gasteiger partial charge in [0.05, 0.1) is 5.56 Å². The molecular weight excluding hydrogens is 333 g/mol. The number of carbonyl (C=O) groups is 3. The highest BCUT2D eigenvalue weighted by Crippen LogP contribution is 2.31. The number of hydrogen-bond donors (Lipinski definition) is 2. The fraction of sp³-hybridized carbons (Fsp3) is 0.357. The molecule has 0 saturated heterocycles. The van der Waals surface area contributed by atoms with Crippen LogP contribution in [0.2, 0.25) is 0 Å². The molecule has 2 N–H and O–H groups in total. The Balaban J connectivity index is 2.52. The summed E-state index contributed by atoms with van der Waals surface area (Å²) in [7, 11) is 1.29. The van der Waals surface area contributed by atoms with E-state index in [1.165, 1.54) is 20.0 Å². The Morgan fingerprint density at radius 1 is 1.25 bits per heavy atom. The number of nitrogens with one attached hydrogen (secondary N) is 2. The minimum atomic E-state index is -4.54. The first-order chi connectivity index (χ1) is 11.1. The SMILES string of the molecule is CNC(=O)NC(=O)[C@@H](C)OC(=O)COc1cccc(C(F)(F)F)c1. The number of amides is 3. The van der Waals surface area contributed by atoms with E-state index in [4.69, 9.17) is 9.47 Å². The lowest BCUT2D eigenvalue weighted by atomic mass is 10.2. The third-order valence-corrected chi connectivity index (χ3v) is 2.66. The van der Waals surface area contributed by atoms with Gasteiger partial charge < -0.3 is 14.8 Å². The van der Waals surface area contributed by atoms with E-state index in [1.54, 1.807) is 0 Å². The van der Waals surface area contributed by atoms with Crippen LogP contribution in [0.15, 0.2) is 24.3 Å². The molecule has 0 aliphatic rings. The number of alkyl halides is 3. The van der Waals surface area contributed by atoms with Gasteiger partial charge in [0.1, 0.15) is 5.75 Å². The van der Waals surface area contributed by atoms with Crippen molar-refractivity contribution in [3.05, 3.63) is 29.8 Å². The van der Waals surface area contributed by atoms with Gasteiger partial charge in [-0.1, -0.05) is 6.07 Å². The Morgan fingerprint density at radius 3 is 2.50 bits per heavy atom. The van der Waals surface area contributed by atoms with Crippen LogP contribution in [0.4, 0.5) is 18.0 Å². The lowest BCUT2D eigenvalue weighted by Crippen LogP contribution is -2.43. The van der Waals surface area contributed by atoms with Gasteiger partial charge in [0.15, 0.2) is 12.7 Å². The van der Waals surface area contributed by atoms with Gasteiger partial charge in [-0.15, -0.1) is 0 Å². The molecule has 0 spiro atoms. The number of urea groups is 1. The summed E-state index contributed by atoms with van der Waals surface area (Å²) in [5.74, 6) is -2.02. The van der Waals surface area contributed by atoms with Crippen LogP contribution in [0.1, 0.15) is 12.5 Å². The summed E-state index contributed by atoms with van der Waals surface area (Å²) in [6, 6.07) is 3.18. The zero-order chi connectivity index (χ0) is 18.3. The number of ether oxygens (including phenoxy) is 2. The van der Waals surface area contributed by atoms with Crippen molar-refractivity contribution in [1.82, 2.24) is 10.6 Å². The first-order valence-corrected chi connectivity index (χ1v) is 6.65. The van der Waals surface area contributed by atoms with Crippen LogP contribution in [-0.2, 0) is 20.5 Å². The van der Waals surface area contributed by atoms with Crippen molar-refractivity contribution in [3.63, 3.8) is 0 Å². The van der Waals surface area contributed by atoms with E-state index >= 15 is 0 Å². The quantitative estimate of drug-likeness (QED) is 0.786. The van der Waals surface area contributed by atoms with E-state index in [0.29, 0.717) is 0 Å². The number of carbonyl (C=O) groups excluding carboxylic acids is 3. The predicted octanol–water partition coefficient (Wildman–Crippen LogP) is 1.47. The van der Waals surface area contributed by atoms with Gasteiger partial charge in [0, 0.05) is 7.05 Å². The van der Waals surface area contributed by atoms with E-state index < -0.39 is 42.4 Å². The topological polar surface area (TPSA) is 93.7 Å². The van der Waals surface area contributed by atoms with Crippen LogP contribution in [0.3, 0.4) is 0 Å². The lowest BCUT2D eigenvalue weighted by molar-refractivity contribution is -0.156. The molecular formula is C14H15F3N2O5. The zero-order valence-corrected chi connectivity index (χ0v) is 12.8. The van der Waals surface area contributed by atoms with Crippen LogP contribution >= 0.6 is 0 Å². The van der Waals surface area contributed by atoms with Crippen molar-refractivity contribution < 1.29 is 37.0 Å². The van der Waals surface area contributed by atoms with Crippen molar-refractivity contribution in [3.8, 4) is 5.75 Å². The predicted molar refractivity (Wildman–Crippen MR) is 75.1 cm³/mol. The Kier molecular flexibility index (Phi) is 6.57. The highest BCUT2D eigenvalue weighted by Gasteiger charge is 2.30. The number of benzene rings is 1. The normalized spacial score (nSPS) is 12.0. The van der Waals surface area contributed by atoms with Crippen molar-refractivity contribution in [2.75, 3.05) is 13.7 Å². The van der Waals surface area contributed by atoms with Gasteiger partial charge in [-0.3, -0.25) is 10.1 Å². The lowest BCUT2D eigenvalue weighted by Gasteiger charge is -2.13. The summed E-state index contributed by atoms with van der Waals surface area (Å²) in [5.41, 5.74) is -0.924. The Bertz CT molecular complexity index is 619. The molecule has 0 aromatic heterocycles. The van der Waals surface area contributed by atoms with Gasteiger partial charge in [0.2, 0.25) is 0 Å². The van der Waals surface area contributed by atoms with Crippen LogP contribution in [-0.4, -0.2) is 37.7 Å². The molecule has 1 rings (SSSR count). The van der Waals surface area contributed by atoms with Crippen molar-refractivity contribution in [1.29, 1.82) is 0 Å². The van der Waals surface area contributed by atoms with Crippen LogP contribution in [0.25, 0.3) is 0 Å². The molecule has 1 aromatic carbocycles. The largest absolute Gasteiger partial charge is 0.482 e. The molecule has 10 heteroatoms. The molecule has 1 atom stereocenters. The highest BCUT2D eigenvalue weighted by molar-refractivity contribution is 5.97. The highest BCUT2D eigenvalue weighted by atomic mass is 19.4. The number of imide groups is 1. The molecule has 7 nitrogen and oxygen atoms in total. The number of rotatable bonds is 5. The van der Waals surface area contributed by atoms with E-state index in [1.807, 2.05) is 5.32 Å². The summed E-state index contributed by atoms with van der Waals surface area (Å²) < 4.78 is 47.2. The average Bonchev–Trinajstić information content (AvgIpc) is 2.52. The molecule has 0 aliphatic carbocycles. The molecule has 0 heterocycles. The molecule has 0 fully saturated rings. The maximum Gasteiger partial charge on any atom is 0.416 e. The van der Waals surface area contributed by atoms with Gasteiger partial charge in [-0.2, -0.15) is 13.2 Å². The number of hydrogen-bond acceptors (Lipinski definition) is 5. The van der Waals surface area contributed by atoms with Gasteiger partial charge >= 0.3 is 18.2 Å². The number of esters is 1. The molecule has 0 unspecified atom stereocenters. The summed E-state index contributed by atoms with van der Waals surface area (Å²) in [6.07, 6.45) is -5.81. The molecule has 132 valence electrons. The Hall–Kier alpha value is -2.78. The van der Waals surface area contributed by atoms with Crippen LogP contribution in [0, 0.1) is 0 Å². The van der Waals surface area contributed by atoms with Crippen molar-refractivity contribution in [2.45, 2.75) is 19.2 Å². The minimum absolute atomic E-state index is 0.177. The second-order valence-electron chi connectivity index (χ2n) is 4.51. The summed E-state index contributed by atoms with van der Waals surface area (Å²) in [6.45, 7) is 0.527. The van der Waals surface area contributed by atoms with E-state index in [0.717, 1.165) is 18.2 Å². The summed E-state index contributed by atoms with van der Waals surface area (Å²) in [4.78, 5) is 33.9. The van der Waals surface area contributed by atoms with Crippen LogP contribution < -0.4 is 15.4 Å². The van der Waals surface area contributed by atoms with Gasteiger partial charge in [-0.05, 0) is 25.1 Å². The maximum absolute atomic E-state index is 12.5. The van der Waals surface area contributed by atoms with Gasteiger partial charge in [0.25, 0.3) is 5.91 Å². The molecule has 0 radical (unpaired) electrons. The van der Waals surface area contributed by atoms with Gasteiger partial charge in [-0.25, -0.2) is 9.59 Å². The Morgan fingerprint density at radius 2 is 1.92 bits per heavy atom. The Labute approximate surface area is 135 Å². The number of halogens is 3. The fourth-order valence-electron chi connectivity index (χ4n) is 1.47. The molecule has 24 heavy (non-hydrogen) atoms. The smallest absolute Gasteiger partial charge is 0.416 e. The molecule has 0 saturated carbocycles. The molecule has 1 aromatic rings. The third-order valence-electron chi connectivity index (χ3n) is 2.66. The zero-order valence-electron chi connectivity index (χ0n) is 12.8. The second-order valence-corrected chi connectivity index (χ2v) is 4.51. The van der Waals surface area contributed by atoms with E-state index in [9.17, 15) is 27.6 Å². The molecule has 0 bridgehead atoms. The standard InChI is InChI=1S/C14H15F3N2O5/c1-8(12(21)19-13(22)18-2)24-11(20)7-23-10-5-3-4-9(6-10)14(15,16)17/h3-6,8H,7H2,1-2H3,(H2,18,19,21,22)/t8-/m1/s1.